The first-order valence-corrected chi connectivity index (χ1v) is 7.03. The molecule has 2 aromatic rings. The molecule has 4 heteroatoms. The zero-order chi connectivity index (χ0) is 15.4. The number of nitriles is 1. The molecule has 0 aliphatic heterocycles. The van der Waals surface area contributed by atoms with Gasteiger partial charge in [0.25, 0.3) is 0 Å². The summed E-state index contributed by atoms with van der Waals surface area (Å²) < 4.78 is 5.44. The predicted molar refractivity (Wildman–Crippen MR) is 85.9 cm³/mol. The number of hydrogen-bond acceptors (Lipinski definition) is 3. The molecule has 0 radical (unpaired) electrons. The molecule has 0 bridgehead atoms. The Labute approximate surface area is 130 Å². The molecule has 0 amide bonds. The minimum atomic E-state index is 0.0598. The highest BCUT2D eigenvalue weighted by atomic mass is 35.5. The first kappa shape index (κ1) is 15.2. The van der Waals surface area contributed by atoms with E-state index in [1.165, 1.54) is 0 Å². The van der Waals surface area contributed by atoms with E-state index in [1.54, 1.807) is 19.2 Å². The second-order valence-corrected chi connectivity index (χ2v) is 5.33. The fourth-order valence-corrected chi connectivity index (χ4v) is 2.42. The molecule has 21 heavy (non-hydrogen) atoms. The molecule has 1 atom stereocenters. The summed E-state index contributed by atoms with van der Waals surface area (Å²) in [6.07, 6.45) is 0. The molecule has 0 aliphatic rings. The minimum Gasteiger partial charge on any atom is -0.496 e. The van der Waals surface area contributed by atoms with Gasteiger partial charge in [0.05, 0.1) is 23.7 Å². The number of nitrogens with zero attached hydrogens (tertiary/aromatic N) is 1. The maximum absolute atomic E-state index is 8.89. The van der Waals surface area contributed by atoms with Gasteiger partial charge >= 0.3 is 0 Å². The van der Waals surface area contributed by atoms with Gasteiger partial charge in [-0.05, 0) is 43.7 Å². The lowest BCUT2D eigenvalue weighted by atomic mass is 10.0. The monoisotopic (exact) mass is 300 g/mol. The van der Waals surface area contributed by atoms with Crippen molar-refractivity contribution in [2.24, 2.45) is 0 Å². The van der Waals surface area contributed by atoms with Crippen LogP contribution in [0.15, 0.2) is 36.4 Å². The lowest BCUT2D eigenvalue weighted by Gasteiger charge is -2.19. The van der Waals surface area contributed by atoms with Crippen LogP contribution in [0.5, 0.6) is 5.75 Å². The van der Waals surface area contributed by atoms with Crippen molar-refractivity contribution in [2.45, 2.75) is 19.9 Å². The number of halogens is 1. The number of ether oxygens (including phenoxy) is 1. The standard InChI is InChI=1S/C17H17ClN2O/c1-11-4-7-15(17(8-11)21-3)12(2)20-14-6-5-13(10-19)16(18)9-14/h4-9,12,20H,1-3H3. The van der Waals surface area contributed by atoms with Crippen LogP contribution in [-0.4, -0.2) is 7.11 Å². The van der Waals surface area contributed by atoms with E-state index < -0.39 is 0 Å². The number of aryl methyl sites for hydroxylation is 1. The normalized spacial score (nSPS) is 11.6. The molecule has 0 aromatic heterocycles. The Hall–Kier alpha value is -2.18. The van der Waals surface area contributed by atoms with Gasteiger partial charge in [0.2, 0.25) is 0 Å². The van der Waals surface area contributed by atoms with Gasteiger partial charge in [-0.2, -0.15) is 5.26 Å². The Morgan fingerprint density at radius 3 is 2.62 bits per heavy atom. The van der Waals surface area contributed by atoms with Gasteiger partial charge in [-0.3, -0.25) is 0 Å². The summed E-state index contributed by atoms with van der Waals surface area (Å²) in [5, 5.41) is 12.7. The SMILES string of the molecule is COc1cc(C)ccc1C(C)Nc1ccc(C#N)c(Cl)c1. The molecule has 0 fully saturated rings. The van der Waals surface area contributed by atoms with Crippen LogP contribution < -0.4 is 10.1 Å². The number of hydrogen-bond donors (Lipinski definition) is 1. The van der Waals surface area contributed by atoms with Crippen molar-refractivity contribution >= 4 is 17.3 Å². The number of methoxy groups -OCH3 is 1. The van der Waals surface area contributed by atoms with E-state index in [0.29, 0.717) is 10.6 Å². The van der Waals surface area contributed by atoms with Crippen molar-refractivity contribution in [3.63, 3.8) is 0 Å². The molecule has 0 spiro atoms. The molecule has 1 unspecified atom stereocenters. The first-order valence-electron chi connectivity index (χ1n) is 6.66. The van der Waals surface area contributed by atoms with Gasteiger partial charge in [-0.25, -0.2) is 0 Å². The van der Waals surface area contributed by atoms with Crippen molar-refractivity contribution in [3.8, 4) is 11.8 Å². The molecule has 3 nitrogen and oxygen atoms in total. The third-order valence-electron chi connectivity index (χ3n) is 3.33. The first-order chi connectivity index (χ1) is 10.0. The van der Waals surface area contributed by atoms with Crippen molar-refractivity contribution in [2.75, 3.05) is 12.4 Å². The Balaban J connectivity index is 2.24. The number of nitrogens with one attached hydrogen (secondary N) is 1. The highest BCUT2D eigenvalue weighted by Crippen LogP contribution is 2.30. The zero-order valence-corrected chi connectivity index (χ0v) is 13.0. The molecule has 0 saturated heterocycles. The Kier molecular flexibility index (Phi) is 4.72. The van der Waals surface area contributed by atoms with E-state index in [1.807, 2.05) is 19.1 Å². The molecular formula is C17H17ClN2O. The summed E-state index contributed by atoms with van der Waals surface area (Å²) >= 11 is 6.05. The predicted octanol–water partition coefficient (Wildman–Crippen LogP) is 4.70. The fraction of sp³-hybridized carbons (Fsp3) is 0.235. The van der Waals surface area contributed by atoms with Crippen LogP contribution in [-0.2, 0) is 0 Å². The molecule has 0 aliphatic carbocycles. The fourth-order valence-electron chi connectivity index (χ4n) is 2.20. The molecule has 0 saturated carbocycles. The molecule has 2 rings (SSSR count). The Morgan fingerprint density at radius 2 is 2.00 bits per heavy atom. The van der Waals surface area contributed by atoms with E-state index in [2.05, 4.69) is 30.4 Å². The second kappa shape index (κ2) is 6.51. The maximum Gasteiger partial charge on any atom is 0.124 e. The van der Waals surface area contributed by atoms with E-state index >= 15 is 0 Å². The third-order valence-corrected chi connectivity index (χ3v) is 3.64. The van der Waals surface area contributed by atoms with Crippen molar-refractivity contribution in [3.05, 3.63) is 58.1 Å². The molecule has 1 N–H and O–H groups in total. The summed E-state index contributed by atoms with van der Waals surface area (Å²) in [5.74, 6) is 0.856. The van der Waals surface area contributed by atoms with E-state index in [4.69, 9.17) is 21.6 Å². The van der Waals surface area contributed by atoms with Gasteiger partial charge in [0.1, 0.15) is 11.8 Å². The smallest absolute Gasteiger partial charge is 0.124 e. The zero-order valence-electron chi connectivity index (χ0n) is 12.3. The van der Waals surface area contributed by atoms with Crippen molar-refractivity contribution < 1.29 is 4.74 Å². The summed E-state index contributed by atoms with van der Waals surface area (Å²) in [7, 11) is 1.67. The Morgan fingerprint density at radius 1 is 1.24 bits per heavy atom. The van der Waals surface area contributed by atoms with E-state index in [9.17, 15) is 0 Å². The maximum atomic E-state index is 8.89. The molecule has 0 heterocycles. The van der Waals surface area contributed by atoms with Gasteiger partial charge in [-0.1, -0.05) is 23.7 Å². The number of rotatable bonds is 4. The summed E-state index contributed by atoms with van der Waals surface area (Å²) in [6, 6.07) is 13.6. The molecule has 2 aromatic carbocycles. The lowest BCUT2D eigenvalue weighted by Crippen LogP contribution is -2.08. The molecule has 108 valence electrons. The lowest BCUT2D eigenvalue weighted by molar-refractivity contribution is 0.407. The topological polar surface area (TPSA) is 45.0 Å². The quantitative estimate of drug-likeness (QED) is 0.890. The highest BCUT2D eigenvalue weighted by molar-refractivity contribution is 6.32. The summed E-state index contributed by atoms with van der Waals surface area (Å²) in [6.45, 7) is 4.09. The van der Waals surface area contributed by atoms with E-state index in [0.717, 1.165) is 22.6 Å². The van der Waals surface area contributed by atoms with Gasteiger partial charge < -0.3 is 10.1 Å². The van der Waals surface area contributed by atoms with Crippen LogP contribution in [0.1, 0.15) is 29.7 Å². The van der Waals surface area contributed by atoms with Gasteiger partial charge in [0.15, 0.2) is 0 Å². The van der Waals surface area contributed by atoms with Gasteiger partial charge in [-0.15, -0.1) is 0 Å². The largest absolute Gasteiger partial charge is 0.496 e. The van der Waals surface area contributed by atoms with Crippen LogP contribution in [0.3, 0.4) is 0 Å². The average molecular weight is 301 g/mol. The second-order valence-electron chi connectivity index (χ2n) is 4.92. The molecular weight excluding hydrogens is 284 g/mol. The summed E-state index contributed by atoms with van der Waals surface area (Å²) in [5.41, 5.74) is 3.57. The van der Waals surface area contributed by atoms with Gasteiger partial charge in [0, 0.05) is 11.3 Å². The van der Waals surface area contributed by atoms with Crippen LogP contribution in [0.25, 0.3) is 0 Å². The number of benzene rings is 2. The minimum absolute atomic E-state index is 0.0598. The third kappa shape index (κ3) is 3.48. The van der Waals surface area contributed by atoms with Crippen LogP contribution >= 0.6 is 11.6 Å². The Bertz CT molecular complexity index is 692. The van der Waals surface area contributed by atoms with Crippen LogP contribution in [0, 0.1) is 18.3 Å². The van der Waals surface area contributed by atoms with Crippen LogP contribution in [0.2, 0.25) is 5.02 Å². The average Bonchev–Trinajstić information content (AvgIpc) is 2.47. The van der Waals surface area contributed by atoms with Crippen molar-refractivity contribution in [1.82, 2.24) is 0 Å². The highest BCUT2D eigenvalue weighted by Gasteiger charge is 2.12. The van der Waals surface area contributed by atoms with E-state index in [-0.39, 0.29) is 6.04 Å². The number of anilines is 1. The van der Waals surface area contributed by atoms with Crippen molar-refractivity contribution in [1.29, 1.82) is 5.26 Å². The summed E-state index contributed by atoms with van der Waals surface area (Å²) in [4.78, 5) is 0. The van der Waals surface area contributed by atoms with Crippen LogP contribution in [0.4, 0.5) is 5.69 Å².